The number of hydrogen-bond acceptors (Lipinski definition) is 5. The highest BCUT2D eigenvalue weighted by atomic mass is 79.9. The van der Waals surface area contributed by atoms with Gasteiger partial charge < -0.3 is 15.0 Å². The molecular formula is C21H23BrN4O. The van der Waals surface area contributed by atoms with Gasteiger partial charge in [0.25, 0.3) is 0 Å². The van der Waals surface area contributed by atoms with E-state index in [-0.39, 0.29) is 0 Å². The van der Waals surface area contributed by atoms with Gasteiger partial charge in [-0.1, -0.05) is 18.2 Å². The molecule has 0 bridgehead atoms. The molecule has 0 atom stereocenters. The van der Waals surface area contributed by atoms with E-state index >= 15 is 0 Å². The number of nitrogens with one attached hydrogen (secondary N) is 1. The van der Waals surface area contributed by atoms with Crippen molar-refractivity contribution in [1.82, 2.24) is 15.3 Å². The van der Waals surface area contributed by atoms with E-state index in [0.717, 1.165) is 53.7 Å². The molecule has 0 saturated carbocycles. The average Bonchev–Trinajstić information content (AvgIpc) is 2.72. The second kappa shape index (κ2) is 8.67. The molecule has 1 N–H and O–H groups in total. The number of para-hydroxylation sites is 1. The first-order valence-electron chi connectivity index (χ1n) is 9.36. The van der Waals surface area contributed by atoms with Crippen LogP contribution in [-0.4, -0.2) is 42.3 Å². The topological polar surface area (TPSA) is 50.3 Å². The van der Waals surface area contributed by atoms with E-state index in [2.05, 4.69) is 42.2 Å². The SMILES string of the molecule is Brc1cnc2c(N3CCC(NCCOc4ccccc4)CC3)ccnc2c1. The van der Waals surface area contributed by atoms with Crippen LogP contribution in [0, 0.1) is 0 Å². The van der Waals surface area contributed by atoms with E-state index in [9.17, 15) is 0 Å². The summed E-state index contributed by atoms with van der Waals surface area (Å²) < 4.78 is 6.71. The molecule has 27 heavy (non-hydrogen) atoms. The molecule has 1 fully saturated rings. The number of rotatable bonds is 6. The second-order valence-corrected chi connectivity index (χ2v) is 7.64. The number of hydrogen-bond donors (Lipinski definition) is 1. The van der Waals surface area contributed by atoms with Crippen molar-refractivity contribution in [1.29, 1.82) is 0 Å². The van der Waals surface area contributed by atoms with Gasteiger partial charge in [-0.05, 0) is 53.0 Å². The van der Waals surface area contributed by atoms with E-state index in [0.29, 0.717) is 12.6 Å². The van der Waals surface area contributed by atoms with E-state index in [1.165, 1.54) is 5.69 Å². The summed E-state index contributed by atoms with van der Waals surface area (Å²) in [4.78, 5) is 11.4. The fourth-order valence-electron chi connectivity index (χ4n) is 3.52. The van der Waals surface area contributed by atoms with Gasteiger partial charge in [0.15, 0.2) is 0 Å². The molecule has 0 spiro atoms. The monoisotopic (exact) mass is 426 g/mol. The Balaban J connectivity index is 1.28. The van der Waals surface area contributed by atoms with Gasteiger partial charge in [-0.15, -0.1) is 0 Å². The Labute approximate surface area is 167 Å². The minimum absolute atomic E-state index is 0.538. The number of fused-ring (bicyclic) bond motifs is 1. The van der Waals surface area contributed by atoms with Crippen molar-refractivity contribution in [3.05, 3.63) is 59.3 Å². The molecule has 140 valence electrons. The van der Waals surface area contributed by atoms with Crippen LogP contribution >= 0.6 is 15.9 Å². The number of pyridine rings is 2. The molecule has 3 heterocycles. The van der Waals surface area contributed by atoms with Crippen molar-refractivity contribution < 1.29 is 4.74 Å². The molecule has 2 aromatic heterocycles. The van der Waals surface area contributed by atoms with Crippen molar-refractivity contribution in [3.63, 3.8) is 0 Å². The van der Waals surface area contributed by atoms with Gasteiger partial charge in [0, 0.05) is 42.5 Å². The fourth-order valence-corrected chi connectivity index (χ4v) is 3.84. The zero-order chi connectivity index (χ0) is 18.5. The summed E-state index contributed by atoms with van der Waals surface area (Å²) in [6.07, 6.45) is 5.95. The van der Waals surface area contributed by atoms with Crippen molar-refractivity contribution >= 4 is 32.7 Å². The molecule has 0 radical (unpaired) electrons. The van der Waals surface area contributed by atoms with Crippen LogP contribution < -0.4 is 15.0 Å². The maximum atomic E-state index is 5.75. The van der Waals surface area contributed by atoms with Crippen LogP contribution in [-0.2, 0) is 0 Å². The lowest BCUT2D eigenvalue weighted by Gasteiger charge is -2.34. The van der Waals surface area contributed by atoms with Crippen LogP contribution in [0.25, 0.3) is 11.0 Å². The molecule has 5 nitrogen and oxygen atoms in total. The van der Waals surface area contributed by atoms with Crippen molar-refractivity contribution in [3.8, 4) is 5.75 Å². The van der Waals surface area contributed by atoms with Crippen molar-refractivity contribution in [2.24, 2.45) is 0 Å². The normalized spacial score (nSPS) is 15.2. The molecule has 0 amide bonds. The Morgan fingerprint density at radius 3 is 2.74 bits per heavy atom. The molecule has 1 aliphatic heterocycles. The number of aromatic nitrogens is 2. The van der Waals surface area contributed by atoms with Gasteiger partial charge in [-0.25, -0.2) is 0 Å². The quantitative estimate of drug-likeness (QED) is 0.602. The largest absolute Gasteiger partial charge is 0.492 e. The van der Waals surface area contributed by atoms with Crippen LogP contribution in [0.3, 0.4) is 0 Å². The predicted molar refractivity (Wildman–Crippen MR) is 112 cm³/mol. The van der Waals surface area contributed by atoms with E-state index < -0.39 is 0 Å². The van der Waals surface area contributed by atoms with E-state index in [1.54, 1.807) is 0 Å². The van der Waals surface area contributed by atoms with Crippen molar-refractivity contribution in [2.75, 3.05) is 31.1 Å². The first kappa shape index (κ1) is 18.2. The number of piperidine rings is 1. The standard InChI is InChI=1S/C21H23BrN4O/c22-16-14-19-21(25-15-16)20(6-9-24-19)26-11-7-17(8-12-26)23-10-13-27-18-4-2-1-3-5-18/h1-6,9,14-15,17,23H,7-8,10-13H2. The number of ether oxygens (including phenoxy) is 1. The molecule has 1 aromatic carbocycles. The highest BCUT2D eigenvalue weighted by Gasteiger charge is 2.20. The summed E-state index contributed by atoms with van der Waals surface area (Å²) in [7, 11) is 0. The Hall–Kier alpha value is -2.18. The van der Waals surface area contributed by atoms with Gasteiger partial charge in [-0.2, -0.15) is 0 Å². The number of halogens is 1. The summed E-state index contributed by atoms with van der Waals surface area (Å²) in [6.45, 7) is 3.60. The van der Waals surface area contributed by atoms with E-state index in [1.807, 2.05) is 48.8 Å². The number of benzene rings is 1. The molecule has 0 unspecified atom stereocenters. The van der Waals surface area contributed by atoms with Gasteiger partial charge in [0.2, 0.25) is 0 Å². The van der Waals surface area contributed by atoms with Crippen LogP contribution in [0.1, 0.15) is 12.8 Å². The fraction of sp³-hybridized carbons (Fsp3) is 0.333. The van der Waals surface area contributed by atoms with Crippen LogP contribution in [0.5, 0.6) is 5.75 Å². The van der Waals surface area contributed by atoms with Crippen LogP contribution in [0.15, 0.2) is 59.3 Å². The lowest BCUT2D eigenvalue weighted by atomic mass is 10.0. The molecule has 1 saturated heterocycles. The smallest absolute Gasteiger partial charge is 0.119 e. The third-order valence-corrected chi connectivity index (χ3v) is 5.34. The Morgan fingerprint density at radius 1 is 1.11 bits per heavy atom. The first-order valence-corrected chi connectivity index (χ1v) is 10.2. The predicted octanol–water partition coefficient (Wildman–Crippen LogP) is 4.03. The summed E-state index contributed by atoms with van der Waals surface area (Å²) in [5, 5.41) is 3.62. The first-order chi connectivity index (χ1) is 13.3. The summed E-state index contributed by atoms with van der Waals surface area (Å²) in [6, 6.07) is 14.6. The maximum Gasteiger partial charge on any atom is 0.119 e. The second-order valence-electron chi connectivity index (χ2n) is 6.73. The Morgan fingerprint density at radius 2 is 1.93 bits per heavy atom. The van der Waals surface area contributed by atoms with Crippen molar-refractivity contribution in [2.45, 2.75) is 18.9 Å². The lowest BCUT2D eigenvalue weighted by Crippen LogP contribution is -2.43. The molecule has 3 aromatic rings. The third kappa shape index (κ3) is 4.57. The molecule has 1 aliphatic rings. The molecule has 6 heteroatoms. The van der Waals surface area contributed by atoms with Gasteiger partial charge in [-0.3, -0.25) is 9.97 Å². The third-order valence-electron chi connectivity index (χ3n) is 4.91. The Kier molecular flexibility index (Phi) is 5.84. The van der Waals surface area contributed by atoms with Crippen LogP contribution in [0.2, 0.25) is 0 Å². The highest BCUT2D eigenvalue weighted by molar-refractivity contribution is 9.10. The van der Waals surface area contributed by atoms with Gasteiger partial charge in [0.05, 0.1) is 11.2 Å². The minimum atomic E-state index is 0.538. The van der Waals surface area contributed by atoms with Gasteiger partial charge in [0.1, 0.15) is 17.9 Å². The molecule has 0 aliphatic carbocycles. The lowest BCUT2D eigenvalue weighted by molar-refractivity contribution is 0.296. The zero-order valence-electron chi connectivity index (χ0n) is 15.1. The molecular weight excluding hydrogens is 404 g/mol. The number of nitrogens with zero attached hydrogens (tertiary/aromatic N) is 3. The van der Waals surface area contributed by atoms with Crippen LogP contribution in [0.4, 0.5) is 5.69 Å². The minimum Gasteiger partial charge on any atom is -0.492 e. The summed E-state index contributed by atoms with van der Waals surface area (Å²) >= 11 is 3.47. The zero-order valence-corrected chi connectivity index (χ0v) is 16.7. The average molecular weight is 427 g/mol. The highest BCUT2D eigenvalue weighted by Crippen LogP contribution is 2.27. The Bertz CT molecular complexity index is 882. The summed E-state index contributed by atoms with van der Waals surface area (Å²) in [5.74, 6) is 0.929. The van der Waals surface area contributed by atoms with E-state index in [4.69, 9.17) is 4.74 Å². The number of anilines is 1. The van der Waals surface area contributed by atoms with Gasteiger partial charge >= 0.3 is 0 Å². The summed E-state index contributed by atoms with van der Waals surface area (Å²) in [5.41, 5.74) is 3.09. The molecule has 4 rings (SSSR count). The maximum absolute atomic E-state index is 5.75.